The monoisotopic (exact) mass is 408 g/mol. The van der Waals surface area contributed by atoms with Crippen molar-refractivity contribution >= 4 is 27.3 Å². The van der Waals surface area contributed by atoms with E-state index in [9.17, 15) is 13.2 Å². The third-order valence-corrected chi connectivity index (χ3v) is 5.89. The predicted octanol–water partition coefficient (Wildman–Crippen LogP) is 4.34. The summed E-state index contributed by atoms with van der Waals surface area (Å²) in [6, 6.07) is 19.6. The lowest BCUT2D eigenvalue weighted by molar-refractivity contribution is 0.102. The number of anilines is 2. The SMILES string of the molecule is Cc1ccc2c(c1)NC(=O)c1cc(NS(=O)(=O)CCc3ccccc3)ccc1O2. The molecule has 3 aromatic rings. The van der Waals surface area contributed by atoms with Crippen LogP contribution in [-0.2, 0) is 16.4 Å². The summed E-state index contributed by atoms with van der Waals surface area (Å²) in [5.41, 5.74) is 3.10. The molecule has 4 rings (SSSR count). The van der Waals surface area contributed by atoms with Crippen LogP contribution in [0.3, 0.4) is 0 Å². The predicted molar refractivity (Wildman–Crippen MR) is 113 cm³/mol. The number of aryl methyl sites for hydroxylation is 2. The molecule has 0 fully saturated rings. The van der Waals surface area contributed by atoms with E-state index in [1.165, 1.54) is 6.07 Å². The summed E-state index contributed by atoms with van der Waals surface area (Å²) in [5.74, 6) is 0.507. The van der Waals surface area contributed by atoms with Crippen molar-refractivity contribution in [2.75, 3.05) is 15.8 Å². The number of hydrogen-bond donors (Lipinski definition) is 2. The Bertz CT molecular complexity index is 1170. The Morgan fingerprint density at radius 2 is 1.72 bits per heavy atom. The first kappa shape index (κ1) is 19.0. The topological polar surface area (TPSA) is 84.5 Å². The first-order valence-corrected chi connectivity index (χ1v) is 10.8. The molecule has 1 amide bonds. The van der Waals surface area contributed by atoms with Crippen molar-refractivity contribution in [3.63, 3.8) is 0 Å². The van der Waals surface area contributed by atoms with Gasteiger partial charge in [0, 0.05) is 5.69 Å². The highest BCUT2D eigenvalue weighted by atomic mass is 32.2. The largest absolute Gasteiger partial charge is 0.454 e. The lowest BCUT2D eigenvalue weighted by Crippen LogP contribution is -2.19. The number of rotatable bonds is 5. The number of sulfonamides is 1. The quantitative estimate of drug-likeness (QED) is 0.658. The Hall–Kier alpha value is -3.32. The van der Waals surface area contributed by atoms with Gasteiger partial charge in [-0.25, -0.2) is 8.42 Å². The van der Waals surface area contributed by atoms with Crippen molar-refractivity contribution in [1.82, 2.24) is 0 Å². The third-order valence-electron chi connectivity index (χ3n) is 4.60. The molecular formula is C22H20N2O4S. The summed E-state index contributed by atoms with van der Waals surface area (Å²) >= 11 is 0. The van der Waals surface area contributed by atoms with Gasteiger partial charge in [-0.2, -0.15) is 0 Å². The zero-order valence-corrected chi connectivity index (χ0v) is 16.6. The van der Waals surface area contributed by atoms with Crippen LogP contribution in [-0.4, -0.2) is 20.1 Å². The lowest BCUT2D eigenvalue weighted by Gasteiger charge is -2.11. The molecule has 1 heterocycles. The Morgan fingerprint density at radius 1 is 0.966 bits per heavy atom. The summed E-state index contributed by atoms with van der Waals surface area (Å²) < 4.78 is 33.3. The molecule has 0 aliphatic carbocycles. The molecule has 0 saturated carbocycles. The fourth-order valence-electron chi connectivity index (χ4n) is 3.13. The average molecular weight is 408 g/mol. The van der Waals surface area contributed by atoms with Gasteiger partial charge in [0.2, 0.25) is 10.0 Å². The smallest absolute Gasteiger partial charge is 0.259 e. The van der Waals surface area contributed by atoms with E-state index in [4.69, 9.17) is 4.74 Å². The standard InChI is InChI=1S/C22H20N2O4S/c1-15-7-9-21-19(13-15)23-22(25)18-14-17(8-10-20(18)28-21)24-29(26,27)12-11-16-5-3-2-4-6-16/h2-10,13-14,24H,11-12H2,1H3,(H,23,25). The van der Waals surface area contributed by atoms with Crippen molar-refractivity contribution in [3.8, 4) is 11.5 Å². The second-order valence-corrected chi connectivity index (χ2v) is 8.77. The molecule has 0 aromatic heterocycles. The van der Waals surface area contributed by atoms with Gasteiger partial charge in [0.15, 0.2) is 5.75 Å². The summed E-state index contributed by atoms with van der Waals surface area (Å²) in [4.78, 5) is 12.6. The zero-order valence-electron chi connectivity index (χ0n) is 15.8. The molecular weight excluding hydrogens is 388 g/mol. The number of carbonyl (C=O) groups excluding carboxylic acids is 1. The van der Waals surface area contributed by atoms with Crippen LogP contribution in [0.4, 0.5) is 11.4 Å². The fraction of sp³-hybridized carbons (Fsp3) is 0.136. The van der Waals surface area contributed by atoms with Gasteiger partial charge in [-0.05, 0) is 54.8 Å². The number of fused-ring (bicyclic) bond motifs is 2. The molecule has 0 unspecified atom stereocenters. The maximum absolute atomic E-state index is 12.6. The lowest BCUT2D eigenvalue weighted by atomic mass is 10.1. The number of benzene rings is 3. The number of hydrogen-bond acceptors (Lipinski definition) is 4. The van der Waals surface area contributed by atoms with Gasteiger partial charge < -0.3 is 10.1 Å². The molecule has 1 aliphatic rings. The Kier molecular flexibility index (Phi) is 4.98. The van der Waals surface area contributed by atoms with E-state index in [0.29, 0.717) is 29.3 Å². The zero-order chi connectivity index (χ0) is 20.4. The molecule has 0 radical (unpaired) electrons. The molecule has 7 heteroatoms. The van der Waals surface area contributed by atoms with Crippen LogP contribution in [0.5, 0.6) is 11.5 Å². The van der Waals surface area contributed by atoms with E-state index in [1.807, 2.05) is 49.4 Å². The van der Waals surface area contributed by atoms with Gasteiger partial charge in [0.1, 0.15) is 5.75 Å². The second-order valence-electron chi connectivity index (χ2n) is 6.92. The van der Waals surface area contributed by atoms with Gasteiger partial charge in [-0.1, -0.05) is 36.4 Å². The Labute approximate surface area is 169 Å². The first-order valence-electron chi connectivity index (χ1n) is 9.18. The van der Waals surface area contributed by atoms with Crippen molar-refractivity contribution in [1.29, 1.82) is 0 Å². The van der Waals surface area contributed by atoms with Gasteiger partial charge in [0.25, 0.3) is 5.91 Å². The van der Waals surface area contributed by atoms with Crippen LogP contribution in [0.1, 0.15) is 21.5 Å². The summed E-state index contributed by atoms with van der Waals surface area (Å²) in [6.45, 7) is 1.92. The minimum atomic E-state index is -3.57. The summed E-state index contributed by atoms with van der Waals surface area (Å²) in [5, 5.41) is 2.81. The third kappa shape index (κ3) is 4.41. The van der Waals surface area contributed by atoms with Crippen molar-refractivity contribution in [2.45, 2.75) is 13.3 Å². The summed E-state index contributed by atoms with van der Waals surface area (Å²) in [7, 11) is -3.57. The highest BCUT2D eigenvalue weighted by molar-refractivity contribution is 7.92. The van der Waals surface area contributed by atoms with Crippen LogP contribution in [0, 0.1) is 6.92 Å². The number of ether oxygens (including phenoxy) is 1. The second kappa shape index (κ2) is 7.60. The van der Waals surface area contributed by atoms with E-state index in [1.54, 1.807) is 18.2 Å². The van der Waals surface area contributed by atoms with Gasteiger partial charge >= 0.3 is 0 Å². The van der Waals surface area contributed by atoms with Gasteiger partial charge in [-0.3, -0.25) is 9.52 Å². The minimum Gasteiger partial charge on any atom is -0.454 e. The number of carbonyl (C=O) groups is 1. The van der Waals surface area contributed by atoms with Crippen LogP contribution >= 0.6 is 0 Å². The molecule has 0 bridgehead atoms. The van der Waals surface area contributed by atoms with E-state index >= 15 is 0 Å². The number of nitrogens with one attached hydrogen (secondary N) is 2. The number of amides is 1. The Morgan fingerprint density at radius 3 is 2.52 bits per heavy atom. The van der Waals surface area contributed by atoms with Crippen LogP contribution in [0.25, 0.3) is 0 Å². The van der Waals surface area contributed by atoms with Crippen LogP contribution < -0.4 is 14.8 Å². The van der Waals surface area contributed by atoms with E-state index in [2.05, 4.69) is 10.0 Å². The molecule has 29 heavy (non-hydrogen) atoms. The van der Waals surface area contributed by atoms with Crippen molar-refractivity contribution < 1.29 is 17.9 Å². The van der Waals surface area contributed by atoms with E-state index in [0.717, 1.165) is 11.1 Å². The Balaban J connectivity index is 1.53. The normalized spacial score (nSPS) is 12.8. The van der Waals surface area contributed by atoms with Crippen molar-refractivity contribution in [2.24, 2.45) is 0 Å². The molecule has 0 saturated heterocycles. The minimum absolute atomic E-state index is 0.0541. The maximum Gasteiger partial charge on any atom is 0.259 e. The molecule has 6 nitrogen and oxygen atoms in total. The molecule has 1 aliphatic heterocycles. The fourth-order valence-corrected chi connectivity index (χ4v) is 4.22. The average Bonchev–Trinajstić information content (AvgIpc) is 2.83. The molecule has 148 valence electrons. The first-order chi connectivity index (χ1) is 13.9. The van der Waals surface area contributed by atoms with Crippen molar-refractivity contribution in [3.05, 3.63) is 83.4 Å². The highest BCUT2D eigenvalue weighted by Crippen LogP contribution is 2.37. The van der Waals surface area contributed by atoms with Gasteiger partial charge in [0.05, 0.1) is 17.0 Å². The molecule has 3 aromatic carbocycles. The van der Waals surface area contributed by atoms with Crippen LogP contribution in [0.15, 0.2) is 66.7 Å². The van der Waals surface area contributed by atoms with Crippen LogP contribution in [0.2, 0.25) is 0 Å². The molecule has 0 atom stereocenters. The maximum atomic E-state index is 12.6. The molecule has 2 N–H and O–H groups in total. The summed E-state index contributed by atoms with van der Waals surface area (Å²) in [6.07, 6.45) is 0.402. The van der Waals surface area contributed by atoms with Gasteiger partial charge in [-0.15, -0.1) is 0 Å². The van der Waals surface area contributed by atoms with E-state index in [-0.39, 0.29) is 17.2 Å². The highest BCUT2D eigenvalue weighted by Gasteiger charge is 2.22. The van der Waals surface area contributed by atoms with E-state index < -0.39 is 10.0 Å². The molecule has 0 spiro atoms.